The molecule has 24 heavy (non-hydrogen) atoms. The summed E-state index contributed by atoms with van der Waals surface area (Å²) in [6.45, 7) is 4.47. The lowest BCUT2D eigenvalue weighted by Crippen LogP contribution is -2.32. The van der Waals surface area contributed by atoms with Gasteiger partial charge in [0.15, 0.2) is 0 Å². The number of aromatic nitrogens is 2. The fourth-order valence-corrected chi connectivity index (χ4v) is 2.70. The van der Waals surface area contributed by atoms with Crippen molar-refractivity contribution in [2.24, 2.45) is 0 Å². The second-order valence-electron chi connectivity index (χ2n) is 5.68. The number of carbonyl (C=O) groups is 1. The van der Waals surface area contributed by atoms with Crippen molar-refractivity contribution in [1.29, 1.82) is 0 Å². The summed E-state index contributed by atoms with van der Waals surface area (Å²) in [4.78, 5) is 31.6. The summed E-state index contributed by atoms with van der Waals surface area (Å²) in [7, 11) is 1.67. The molecule has 5 nitrogen and oxygen atoms in total. The van der Waals surface area contributed by atoms with Crippen molar-refractivity contribution in [1.82, 2.24) is 9.55 Å². The molecule has 1 amide bonds. The van der Waals surface area contributed by atoms with Gasteiger partial charge in [0.05, 0.1) is 5.39 Å². The van der Waals surface area contributed by atoms with Gasteiger partial charge in [-0.2, -0.15) is 0 Å². The second kappa shape index (κ2) is 6.28. The van der Waals surface area contributed by atoms with Gasteiger partial charge in [-0.25, -0.2) is 4.98 Å². The molecule has 0 saturated carbocycles. The Morgan fingerprint density at radius 3 is 2.54 bits per heavy atom. The summed E-state index contributed by atoms with van der Waals surface area (Å²) < 4.78 is 1.84. The highest BCUT2D eigenvalue weighted by Crippen LogP contribution is 2.16. The summed E-state index contributed by atoms with van der Waals surface area (Å²) in [6.07, 6.45) is 1.61. The minimum absolute atomic E-state index is 0.154. The maximum atomic E-state index is 12.8. The zero-order valence-electron chi connectivity index (χ0n) is 14.0. The third-order valence-corrected chi connectivity index (χ3v) is 4.08. The molecule has 0 unspecified atom stereocenters. The highest BCUT2D eigenvalue weighted by molar-refractivity contribution is 6.06. The van der Waals surface area contributed by atoms with Crippen LogP contribution in [-0.2, 0) is 6.54 Å². The van der Waals surface area contributed by atoms with E-state index in [1.807, 2.05) is 48.7 Å². The second-order valence-corrected chi connectivity index (χ2v) is 5.68. The highest BCUT2D eigenvalue weighted by atomic mass is 16.2. The van der Waals surface area contributed by atoms with Gasteiger partial charge in [-0.3, -0.25) is 9.59 Å². The zero-order valence-corrected chi connectivity index (χ0v) is 14.0. The summed E-state index contributed by atoms with van der Waals surface area (Å²) in [6, 6.07) is 12.8. The van der Waals surface area contributed by atoms with Crippen molar-refractivity contribution >= 4 is 22.6 Å². The number of benzene rings is 1. The number of amides is 1. The average molecular weight is 321 g/mol. The number of aryl methyl sites for hydroxylation is 2. The first-order valence-corrected chi connectivity index (χ1v) is 7.87. The van der Waals surface area contributed by atoms with Gasteiger partial charge in [0, 0.05) is 31.2 Å². The fourth-order valence-electron chi connectivity index (χ4n) is 2.70. The Balaban J connectivity index is 2.16. The number of rotatable bonds is 3. The molecule has 3 aromatic rings. The molecule has 0 aliphatic heterocycles. The fraction of sp³-hybridized carbons (Fsp3) is 0.211. The molecule has 0 aliphatic rings. The van der Waals surface area contributed by atoms with E-state index in [0.29, 0.717) is 17.6 Å². The average Bonchev–Trinajstić information content (AvgIpc) is 2.61. The van der Waals surface area contributed by atoms with Crippen molar-refractivity contribution in [2.75, 3.05) is 11.9 Å². The van der Waals surface area contributed by atoms with E-state index in [1.165, 1.54) is 4.90 Å². The molecule has 0 saturated heterocycles. The Bertz CT molecular complexity index is 962. The molecule has 2 heterocycles. The van der Waals surface area contributed by atoms with E-state index in [2.05, 4.69) is 4.98 Å². The molecular weight excluding hydrogens is 302 g/mol. The molecular formula is C19H19N3O2. The van der Waals surface area contributed by atoms with Gasteiger partial charge in [0.2, 0.25) is 5.43 Å². The minimum Gasteiger partial charge on any atom is -0.332 e. The standard InChI is InChI=1S/C19H19N3O2/c1-4-22-12-16(17(23)15-11-10-13(2)20-18(15)22)19(24)21(3)14-8-6-5-7-9-14/h5-12H,4H2,1-3H3. The predicted molar refractivity (Wildman–Crippen MR) is 95.6 cm³/mol. The number of hydrogen-bond acceptors (Lipinski definition) is 3. The van der Waals surface area contributed by atoms with Crippen LogP contribution < -0.4 is 10.3 Å². The van der Waals surface area contributed by atoms with Crippen LogP contribution in [0.15, 0.2) is 53.5 Å². The lowest BCUT2D eigenvalue weighted by atomic mass is 10.1. The first kappa shape index (κ1) is 15.9. The number of carbonyl (C=O) groups excluding carboxylic acids is 1. The van der Waals surface area contributed by atoms with Crippen LogP contribution in [0, 0.1) is 6.92 Å². The molecule has 0 radical (unpaired) electrons. The van der Waals surface area contributed by atoms with Crippen LogP contribution in [0.3, 0.4) is 0 Å². The maximum Gasteiger partial charge on any atom is 0.263 e. The van der Waals surface area contributed by atoms with Crippen molar-refractivity contribution in [3.8, 4) is 0 Å². The molecule has 0 bridgehead atoms. The van der Waals surface area contributed by atoms with Crippen LogP contribution in [0.5, 0.6) is 0 Å². The Hall–Kier alpha value is -2.95. The molecule has 122 valence electrons. The lowest BCUT2D eigenvalue weighted by Gasteiger charge is -2.18. The van der Waals surface area contributed by atoms with E-state index < -0.39 is 0 Å². The molecule has 3 rings (SSSR count). The molecule has 0 atom stereocenters. The van der Waals surface area contributed by atoms with Gasteiger partial charge in [0.25, 0.3) is 5.91 Å². The molecule has 0 spiro atoms. The monoisotopic (exact) mass is 321 g/mol. The molecule has 0 aliphatic carbocycles. The Labute approximate surface area is 140 Å². The van der Waals surface area contributed by atoms with Crippen LogP contribution >= 0.6 is 0 Å². The van der Waals surface area contributed by atoms with Crippen LogP contribution in [0.4, 0.5) is 5.69 Å². The number of pyridine rings is 2. The van der Waals surface area contributed by atoms with Crippen molar-refractivity contribution in [2.45, 2.75) is 20.4 Å². The lowest BCUT2D eigenvalue weighted by molar-refractivity contribution is 0.0991. The van der Waals surface area contributed by atoms with E-state index in [4.69, 9.17) is 0 Å². The third kappa shape index (κ3) is 2.69. The number of hydrogen-bond donors (Lipinski definition) is 0. The summed E-state index contributed by atoms with van der Waals surface area (Å²) >= 11 is 0. The smallest absolute Gasteiger partial charge is 0.263 e. The molecule has 0 fully saturated rings. The molecule has 2 aromatic heterocycles. The third-order valence-electron chi connectivity index (χ3n) is 4.08. The largest absolute Gasteiger partial charge is 0.332 e. The van der Waals surface area contributed by atoms with Crippen molar-refractivity contribution < 1.29 is 4.79 Å². The van der Waals surface area contributed by atoms with E-state index in [0.717, 1.165) is 11.4 Å². The number of anilines is 1. The molecule has 5 heteroatoms. The summed E-state index contributed by atoms with van der Waals surface area (Å²) in [5, 5.41) is 0.467. The quantitative estimate of drug-likeness (QED) is 0.745. The number of fused-ring (bicyclic) bond motifs is 1. The molecule has 1 aromatic carbocycles. The van der Waals surface area contributed by atoms with Gasteiger partial charge in [0.1, 0.15) is 11.2 Å². The maximum absolute atomic E-state index is 12.8. The first-order valence-electron chi connectivity index (χ1n) is 7.87. The number of para-hydroxylation sites is 1. The first-order chi connectivity index (χ1) is 11.5. The van der Waals surface area contributed by atoms with Gasteiger partial charge in [-0.1, -0.05) is 18.2 Å². The van der Waals surface area contributed by atoms with Crippen molar-refractivity contribution in [3.63, 3.8) is 0 Å². The van der Waals surface area contributed by atoms with Crippen LogP contribution in [0.1, 0.15) is 23.0 Å². The van der Waals surface area contributed by atoms with E-state index in [9.17, 15) is 9.59 Å². The van der Waals surface area contributed by atoms with E-state index in [-0.39, 0.29) is 16.9 Å². The van der Waals surface area contributed by atoms with Crippen molar-refractivity contribution in [3.05, 3.63) is 70.1 Å². The van der Waals surface area contributed by atoms with Crippen LogP contribution in [0.25, 0.3) is 11.0 Å². The zero-order chi connectivity index (χ0) is 17.3. The normalized spacial score (nSPS) is 10.8. The topological polar surface area (TPSA) is 55.2 Å². The van der Waals surface area contributed by atoms with Gasteiger partial charge < -0.3 is 9.47 Å². The van der Waals surface area contributed by atoms with Crippen LogP contribution in [0.2, 0.25) is 0 Å². The Morgan fingerprint density at radius 1 is 1.17 bits per heavy atom. The summed E-state index contributed by atoms with van der Waals surface area (Å²) in [5.74, 6) is -0.323. The highest BCUT2D eigenvalue weighted by Gasteiger charge is 2.20. The Morgan fingerprint density at radius 2 is 1.88 bits per heavy atom. The van der Waals surface area contributed by atoms with Gasteiger partial charge in [-0.05, 0) is 38.1 Å². The van der Waals surface area contributed by atoms with Gasteiger partial charge >= 0.3 is 0 Å². The predicted octanol–water partition coefficient (Wildman–Crippen LogP) is 3.00. The number of nitrogens with zero attached hydrogens (tertiary/aromatic N) is 3. The van der Waals surface area contributed by atoms with E-state index >= 15 is 0 Å². The minimum atomic E-state index is -0.323. The van der Waals surface area contributed by atoms with Gasteiger partial charge in [-0.15, -0.1) is 0 Å². The van der Waals surface area contributed by atoms with Crippen LogP contribution in [-0.4, -0.2) is 22.5 Å². The molecule has 0 N–H and O–H groups in total. The Kier molecular flexibility index (Phi) is 4.16. The summed E-state index contributed by atoms with van der Waals surface area (Å²) in [5.41, 5.74) is 2.06. The van der Waals surface area contributed by atoms with E-state index in [1.54, 1.807) is 25.4 Å². The SMILES string of the molecule is CCn1cc(C(=O)N(C)c2ccccc2)c(=O)c2ccc(C)nc21.